The first-order valence-electron chi connectivity index (χ1n) is 5.21. The molecule has 0 saturated carbocycles. The Morgan fingerprint density at radius 1 is 1.31 bits per heavy atom. The van der Waals surface area contributed by atoms with Gasteiger partial charge >= 0.3 is 0 Å². The minimum Gasteiger partial charge on any atom is -0.305 e. The zero-order valence-electron chi connectivity index (χ0n) is 8.24. The zero-order valence-corrected chi connectivity index (χ0v) is 8.24. The second-order valence-corrected chi connectivity index (χ2v) is 4.25. The van der Waals surface area contributed by atoms with Crippen molar-refractivity contribution in [2.24, 2.45) is 0 Å². The van der Waals surface area contributed by atoms with Crippen molar-refractivity contribution in [3.05, 3.63) is 0 Å². The summed E-state index contributed by atoms with van der Waals surface area (Å²) in [5, 5.41) is 8.91. The number of hydrogen-bond donors (Lipinski definition) is 0. The fourth-order valence-corrected chi connectivity index (χ4v) is 2.49. The van der Waals surface area contributed by atoms with Crippen LogP contribution >= 0.6 is 0 Å². The third-order valence-corrected chi connectivity index (χ3v) is 3.32. The van der Waals surface area contributed by atoms with Crippen molar-refractivity contribution in [3.8, 4) is 6.19 Å². The van der Waals surface area contributed by atoms with E-state index in [9.17, 15) is 0 Å². The van der Waals surface area contributed by atoms with E-state index in [1.54, 1.807) is 0 Å². The quantitative estimate of drug-likeness (QED) is 0.520. The molecule has 13 heavy (non-hydrogen) atoms. The van der Waals surface area contributed by atoms with Crippen molar-refractivity contribution in [1.29, 1.82) is 5.26 Å². The van der Waals surface area contributed by atoms with Gasteiger partial charge in [0.05, 0.1) is 0 Å². The Morgan fingerprint density at radius 2 is 2.15 bits per heavy atom. The van der Waals surface area contributed by atoms with E-state index >= 15 is 0 Å². The van der Waals surface area contributed by atoms with Gasteiger partial charge in [-0.05, 0) is 26.3 Å². The van der Waals surface area contributed by atoms with E-state index in [0.29, 0.717) is 12.1 Å². The van der Waals surface area contributed by atoms with E-state index in [2.05, 4.69) is 18.0 Å². The molecule has 0 aromatic carbocycles. The molecule has 2 aliphatic rings. The zero-order chi connectivity index (χ0) is 9.26. The summed E-state index contributed by atoms with van der Waals surface area (Å²) in [4.78, 5) is 4.49. The number of hydrogen-bond acceptors (Lipinski definition) is 3. The molecular formula is C10H17N3. The van der Waals surface area contributed by atoms with Crippen LogP contribution in [0.4, 0.5) is 0 Å². The number of fused-ring (bicyclic) bond motifs is 1. The SMILES string of the molecule is CC1CN2CCCCC2CN1C#N. The monoisotopic (exact) mass is 179 g/mol. The standard InChI is InChI=1S/C10H17N3/c1-9-6-12-5-3-2-4-10(12)7-13(9)8-11/h9-10H,2-7H2,1H3. The molecule has 2 aliphatic heterocycles. The number of nitrogens with zero attached hydrogens (tertiary/aromatic N) is 3. The highest BCUT2D eigenvalue weighted by Gasteiger charge is 2.32. The molecule has 2 fully saturated rings. The first kappa shape index (κ1) is 8.83. The molecule has 0 bridgehead atoms. The molecule has 2 rings (SSSR count). The molecule has 2 unspecified atom stereocenters. The Labute approximate surface area is 79.9 Å². The maximum atomic E-state index is 8.91. The van der Waals surface area contributed by atoms with E-state index in [-0.39, 0.29) is 0 Å². The predicted molar refractivity (Wildman–Crippen MR) is 51.0 cm³/mol. The van der Waals surface area contributed by atoms with Gasteiger partial charge in [-0.15, -0.1) is 0 Å². The Bertz CT molecular complexity index is 221. The lowest BCUT2D eigenvalue weighted by molar-refractivity contribution is 0.0441. The first-order chi connectivity index (χ1) is 6.31. The van der Waals surface area contributed by atoms with Gasteiger partial charge < -0.3 is 4.90 Å². The minimum absolute atomic E-state index is 0.416. The highest BCUT2D eigenvalue weighted by molar-refractivity contribution is 4.93. The van der Waals surface area contributed by atoms with E-state index in [4.69, 9.17) is 5.26 Å². The summed E-state index contributed by atoms with van der Waals surface area (Å²) in [5.41, 5.74) is 0. The molecule has 0 aromatic heterocycles. The van der Waals surface area contributed by atoms with Crippen molar-refractivity contribution in [2.75, 3.05) is 19.6 Å². The molecule has 0 N–H and O–H groups in total. The van der Waals surface area contributed by atoms with Crippen molar-refractivity contribution in [2.45, 2.75) is 38.3 Å². The normalized spacial score (nSPS) is 35.2. The molecule has 0 amide bonds. The number of piperidine rings is 1. The van der Waals surface area contributed by atoms with Crippen LogP contribution in [0, 0.1) is 11.5 Å². The van der Waals surface area contributed by atoms with Gasteiger partial charge in [-0.2, -0.15) is 5.26 Å². The topological polar surface area (TPSA) is 30.3 Å². The molecule has 3 nitrogen and oxygen atoms in total. The van der Waals surface area contributed by atoms with Crippen LogP contribution in [0.1, 0.15) is 26.2 Å². The molecule has 2 heterocycles. The Morgan fingerprint density at radius 3 is 2.92 bits per heavy atom. The van der Waals surface area contributed by atoms with Gasteiger partial charge in [0.15, 0.2) is 6.19 Å². The Kier molecular flexibility index (Phi) is 2.41. The molecule has 2 saturated heterocycles. The number of nitriles is 1. The molecular weight excluding hydrogens is 162 g/mol. The number of rotatable bonds is 0. The summed E-state index contributed by atoms with van der Waals surface area (Å²) < 4.78 is 0. The molecule has 2 atom stereocenters. The van der Waals surface area contributed by atoms with Gasteiger partial charge in [-0.3, -0.25) is 4.90 Å². The fourth-order valence-electron chi connectivity index (χ4n) is 2.49. The lowest BCUT2D eigenvalue weighted by atomic mass is 9.98. The van der Waals surface area contributed by atoms with Gasteiger partial charge in [-0.1, -0.05) is 6.42 Å². The summed E-state index contributed by atoms with van der Waals surface area (Å²) in [6.45, 7) is 5.43. The molecule has 0 radical (unpaired) electrons. The fraction of sp³-hybridized carbons (Fsp3) is 0.900. The molecule has 0 aromatic rings. The maximum Gasteiger partial charge on any atom is 0.179 e. The average Bonchev–Trinajstić information content (AvgIpc) is 2.17. The van der Waals surface area contributed by atoms with Gasteiger partial charge in [0.2, 0.25) is 0 Å². The maximum absolute atomic E-state index is 8.91. The summed E-state index contributed by atoms with van der Waals surface area (Å²) >= 11 is 0. The van der Waals surface area contributed by atoms with E-state index in [1.165, 1.54) is 25.8 Å². The van der Waals surface area contributed by atoms with Gasteiger partial charge in [0.1, 0.15) is 0 Å². The molecule has 0 spiro atoms. The lowest BCUT2D eigenvalue weighted by Gasteiger charge is -2.45. The van der Waals surface area contributed by atoms with Crippen LogP contribution in [0.5, 0.6) is 0 Å². The van der Waals surface area contributed by atoms with Crippen LogP contribution < -0.4 is 0 Å². The average molecular weight is 179 g/mol. The van der Waals surface area contributed by atoms with E-state index in [1.807, 2.05) is 4.90 Å². The van der Waals surface area contributed by atoms with Gasteiger partial charge in [0.25, 0.3) is 0 Å². The van der Waals surface area contributed by atoms with Crippen molar-refractivity contribution < 1.29 is 0 Å². The van der Waals surface area contributed by atoms with Crippen LogP contribution in [0.2, 0.25) is 0 Å². The van der Waals surface area contributed by atoms with E-state index in [0.717, 1.165) is 13.1 Å². The molecule has 0 aliphatic carbocycles. The number of piperazine rings is 1. The molecule has 3 heteroatoms. The van der Waals surface area contributed by atoms with Crippen molar-refractivity contribution in [1.82, 2.24) is 9.80 Å². The largest absolute Gasteiger partial charge is 0.305 e. The van der Waals surface area contributed by atoms with Crippen LogP contribution in [0.25, 0.3) is 0 Å². The van der Waals surface area contributed by atoms with Gasteiger partial charge in [-0.25, -0.2) is 0 Å². The highest BCUT2D eigenvalue weighted by atomic mass is 15.3. The third-order valence-electron chi connectivity index (χ3n) is 3.32. The lowest BCUT2D eigenvalue weighted by Crippen LogP contribution is -2.57. The molecule has 72 valence electrons. The predicted octanol–water partition coefficient (Wildman–Crippen LogP) is 1.03. The Hall–Kier alpha value is -0.750. The highest BCUT2D eigenvalue weighted by Crippen LogP contribution is 2.23. The minimum atomic E-state index is 0.416. The van der Waals surface area contributed by atoms with Crippen LogP contribution in [-0.4, -0.2) is 41.5 Å². The second-order valence-electron chi connectivity index (χ2n) is 4.25. The summed E-state index contributed by atoms with van der Waals surface area (Å²) in [6.07, 6.45) is 6.26. The van der Waals surface area contributed by atoms with Crippen LogP contribution in [0.3, 0.4) is 0 Å². The third kappa shape index (κ3) is 1.64. The van der Waals surface area contributed by atoms with E-state index < -0.39 is 0 Å². The summed E-state index contributed by atoms with van der Waals surface area (Å²) in [5.74, 6) is 0. The second kappa shape index (κ2) is 3.55. The smallest absolute Gasteiger partial charge is 0.179 e. The van der Waals surface area contributed by atoms with Crippen molar-refractivity contribution in [3.63, 3.8) is 0 Å². The summed E-state index contributed by atoms with van der Waals surface area (Å²) in [7, 11) is 0. The van der Waals surface area contributed by atoms with Gasteiger partial charge in [0, 0.05) is 25.2 Å². The summed E-state index contributed by atoms with van der Waals surface area (Å²) in [6, 6.07) is 1.07. The first-order valence-corrected chi connectivity index (χ1v) is 5.21. The van der Waals surface area contributed by atoms with Crippen LogP contribution in [-0.2, 0) is 0 Å². The Balaban J connectivity index is 2.02. The van der Waals surface area contributed by atoms with Crippen LogP contribution in [0.15, 0.2) is 0 Å². The van der Waals surface area contributed by atoms with Crippen molar-refractivity contribution >= 4 is 0 Å².